The van der Waals surface area contributed by atoms with Gasteiger partial charge in [-0.1, -0.05) is 0 Å². The molecule has 1 aliphatic heterocycles. The summed E-state index contributed by atoms with van der Waals surface area (Å²) in [4.78, 5) is 0. The van der Waals surface area contributed by atoms with Gasteiger partial charge in [0.25, 0.3) is 0 Å². The van der Waals surface area contributed by atoms with E-state index in [0.29, 0.717) is 5.12 Å². The van der Waals surface area contributed by atoms with Gasteiger partial charge in [0.15, 0.2) is 6.23 Å². The molecule has 0 amide bonds. The van der Waals surface area contributed by atoms with E-state index in [2.05, 4.69) is 5.43 Å². The Labute approximate surface area is 46.5 Å². The van der Waals surface area contributed by atoms with Crippen molar-refractivity contribution in [3.05, 3.63) is 5.84 Å². The topological polar surface area (TPSA) is 104 Å². The number of hydrogen-bond donors (Lipinski definition) is 3. The summed E-state index contributed by atoms with van der Waals surface area (Å²) < 4.78 is 4.70. The normalized spacial score (nSPS) is 36.0. The Bertz CT molecular complexity index is 84.5. The molecule has 1 aliphatic rings. The predicted molar refractivity (Wildman–Crippen MR) is 26.3 cm³/mol. The maximum atomic E-state index is 6.72. The third-order valence-electron chi connectivity index (χ3n) is 0.907. The van der Waals surface area contributed by atoms with Gasteiger partial charge in [-0.25, -0.2) is 5.43 Å². The van der Waals surface area contributed by atoms with Gasteiger partial charge in [-0.15, -0.1) is 0 Å². The van der Waals surface area contributed by atoms with E-state index in [4.69, 9.17) is 22.3 Å². The van der Waals surface area contributed by atoms with Gasteiger partial charge in [0.05, 0.1) is 0 Å². The zero-order valence-electron chi connectivity index (χ0n) is 4.16. The van der Waals surface area contributed by atoms with Gasteiger partial charge in [-0.2, -0.15) is 0 Å². The maximum absolute atomic E-state index is 6.72. The van der Waals surface area contributed by atoms with Crippen molar-refractivity contribution in [3.8, 4) is 0 Å². The van der Waals surface area contributed by atoms with Crippen molar-refractivity contribution in [1.29, 1.82) is 0 Å². The zero-order chi connectivity index (χ0) is 6.15. The summed E-state index contributed by atoms with van der Waals surface area (Å²) >= 11 is 0. The van der Waals surface area contributed by atoms with Crippen LogP contribution in [0.1, 0.15) is 0 Å². The smallest absolute Gasteiger partial charge is 0.162 e. The molecule has 0 radical (unpaired) electrons. The zero-order valence-corrected chi connectivity index (χ0v) is 4.16. The average molecular weight is 118 g/mol. The fourth-order valence-corrected chi connectivity index (χ4v) is 0.438. The van der Waals surface area contributed by atoms with E-state index in [1.807, 2.05) is 0 Å². The monoisotopic (exact) mass is 118 g/mol. The van der Waals surface area contributed by atoms with Gasteiger partial charge in [-0.05, 0) is 0 Å². The summed E-state index contributed by atoms with van der Waals surface area (Å²) in [5, 5.41) is 0.713. The number of ether oxygens (including phenoxy) is 1. The SMILES string of the molecule is [NH-]N(N)C1OC1NN. The second kappa shape index (κ2) is 1.94. The first-order valence-corrected chi connectivity index (χ1v) is 2.12. The summed E-state index contributed by atoms with van der Waals surface area (Å²) in [6.07, 6.45) is -0.641. The molecule has 6 N–H and O–H groups in total. The number of epoxide rings is 1. The first-order valence-electron chi connectivity index (χ1n) is 2.12. The Balaban J connectivity index is 2.16. The van der Waals surface area contributed by atoms with Crippen LogP contribution in [0.5, 0.6) is 0 Å². The highest BCUT2D eigenvalue weighted by molar-refractivity contribution is 4.78. The van der Waals surface area contributed by atoms with Gasteiger partial charge in [0.2, 0.25) is 0 Å². The van der Waals surface area contributed by atoms with Crippen molar-refractivity contribution < 1.29 is 4.74 Å². The van der Waals surface area contributed by atoms with E-state index >= 15 is 0 Å². The van der Waals surface area contributed by atoms with Crippen LogP contribution in [0.15, 0.2) is 0 Å². The Morgan fingerprint density at radius 1 is 1.75 bits per heavy atom. The van der Waals surface area contributed by atoms with Crippen LogP contribution in [-0.4, -0.2) is 17.6 Å². The highest BCUT2D eigenvalue weighted by Crippen LogP contribution is 2.18. The van der Waals surface area contributed by atoms with E-state index in [1.54, 1.807) is 0 Å². The number of hydrazine groups is 2. The molecule has 0 saturated carbocycles. The lowest BCUT2D eigenvalue weighted by molar-refractivity contribution is 0.236. The maximum Gasteiger partial charge on any atom is 0.162 e. The molecule has 1 saturated heterocycles. The lowest BCUT2D eigenvalue weighted by atomic mass is 10.7. The summed E-state index contributed by atoms with van der Waals surface area (Å²) in [5.41, 5.74) is 2.31. The van der Waals surface area contributed by atoms with Gasteiger partial charge in [0, 0.05) is 0 Å². The Morgan fingerprint density at radius 3 is 2.50 bits per heavy atom. The van der Waals surface area contributed by atoms with Crippen LogP contribution in [0, 0.1) is 0 Å². The number of nitrogens with two attached hydrogens (primary N) is 2. The second-order valence-electron chi connectivity index (χ2n) is 1.52. The fraction of sp³-hybridized carbons (Fsp3) is 1.00. The number of hydrogen-bond acceptors (Lipinski definition) is 5. The lowest BCUT2D eigenvalue weighted by Crippen LogP contribution is -2.34. The molecule has 6 heteroatoms. The van der Waals surface area contributed by atoms with Gasteiger partial charge < -0.3 is 15.7 Å². The fourth-order valence-electron chi connectivity index (χ4n) is 0.438. The van der Waals surface area contributed by atoms with Crippen LogP contribution in [0.4, 0.5) is 0 Å². The molecule has 6 nitrogen and oxygen atoms in total. The molecule has 1 fully saturated rings. The first kappa shape index (κ1) is 5.89. The number of rotatable bonds is 2. The molecule has 2 unspecified atom stereocenters. The van der Waals surface area contributed by atoms with Crippen molar-refractivity contribution in [2.75, 3.05) is 0 Å². The minimum absolute atomic E-state index is 0.266. The molecule has 2 atom stereocenters. The standard InChI is InChI=1S/C2H8N5O/c3-6-1-2(8-1)7(4)5/h1-2,4,6H,3,5H2/q-1. The Hall–Kier alpha value is -0.240. The van der Waals surface area contributed by atoms with Crippen LogP contribution in [0.2, 0.25) is 0 Å². The first-order chi connectivity index (χ1) is 3.75. The quantitative estimate of drug-likeness (QED) is 0.227. The molecule has 0 aromatic carbocycles. The molecule has 0 aliphatic carbocycles. The molecule has 1 rings (SSSR count). The van der Waals surface area contributed by atoms with Gasteiger partial charge in [0.1, 0.15) is 6.23 Å². The largest absolute Gasteiger partial charge is 0.593 e. The van der Waals surface area contributed by atoms with E-state index in [1.165, 1.54) is 0 Å². The predicted octanol–water partition coefficient (Wildman–Crippen LogP) is -1.72. The van der Waals surface area contributed by atoms with Crippen molar-refractivity contribution in [2.45, 2.75) is 12.5 Å². The molecule has 0 aromatic heterocycles. The molecule has 0 bridgehead atoms. The molecule has 0 spiro atoms. The summed E-state index contributed by atoms with van der Waals surface area (Å²) in [5.74, 6) is 16.6. The van der Waals surface area contributed by atoms with Crippen LogP contribution in [-0.2, 0) is 4.74 Å². The highest BCUT2D eigenvalue weighted by Gasteiger charge is 2.37. The molecular formula is C2H8N5O-. The Morgan fingerprint density at radius 2 is 2.38 bits per heavy atom. The van der Waals surface area contributed by atoms with Gasteiger partial charge >= 0.3 is 0 Å². The van der Waals surface area contributed by atoms with E-state index < -0.39 is 0 Å². The van der Waals surface area contributed by atoms with E-state index in [-0.39, 0.29) is 12.5 Å². The minimum Gasteiger partial charge on any atom is -0.593 e. The number of nitrogens with one attached hydrogen (secondary N) is 2. The summed E-state index contributed by atoms with van der Waals surface area (Å²) in [6, 6.07) is 0. The molecule has 1 heterocycles. The van der Waals surface area contributed by atoms with Crippen LogP contribution in [0.25, 0.3) is 5.84 Å². The van der Waals surface area contributed by atoms with Crippen molar-refractivity contribution >= 4 is 0 Å². The van der Waals surface area contributed by atoms with Gasteiger partial charge in [-0.3, -0.25) is 11.7 Å². The van der Waals surface area contributed by atoms with E-state index in [9.17, 15) is 0 Å². The Kier molecular flexibility index (Phi) is 1.43. The van der Waals surface area contributed by atoms with Crippen molar-refractivity contribution in [3.63, 3.8) is 0 Å². The third-order valence-corrected chi connectivity index (χ3v) is 0.907. The van der Waals surface area contributed by atoms with Crippen molar-refractivity contribution in [2.24, 2.45) is 11.7 Å². The molecule has 8 heavy (non-hydrogen) atoms. The summed E-state index contributed by atoms with van der Waals surface area (Å²) in [7, 11) is 0. The second-order valence-corrected chi connectivity index (χ2v) is 1.52. The lowest BCUT2D eigenvalue weighted by Gasteiger charge is -2.15. The van der Waals surface area contributed by atoms with E-state index in [0.717, 1.165) is 0 Å². The molecular weight excluding hydrogens is 110 g/mol. The average Bonchev–Trinajstić information content (AvgIpc) is 2.42. The molecule has 48 valence electrons. The highest BCUT2D eigenvalue weighted by atomic mass is 16.6. The minimum atomic E-state index is -0.375. The van der Waals surface area contributed by atoms with Crippen LogP contribution in [0.3, 0.4) is 0 Å². The van der Waals surface area contributed by atoms with Crippen LogP contribution >= 0.6 is 0 Å². The van der Waals surface area contributed by atoms with Crippen molar-refractivity contribution in [1.82, 2.24) is 10.5 Å². The number of nitrogens with zero attached hydrogens (tertiary/aromatic N) is 1. The molecule has 0 aromatic rings. The summed E-state index contributed by atoms with van der Waals surface area (Å²) in [6.45, 7) is 0. The third kappa shape index (κ3) is 0.944. The van der Waals surface area contributed by atoms with Crippen LogP contribution < -0.4 is 17.1 Å².